The van der Waals surface area contributed by atoms with Crippen LogP contribution in [-0.4, -0.2) is 17.5 Å². The molecule has 0 aliphatic carbocycles. The van der Waals surface area contributed by atoms with E-state index >= 15 is 0 Å². The van der Waals surface area contributed by atoms with Crippen molar-refractivity contribution in [1.82, 2.24) is 4.98 Å². The molecule has 84 valence electrons. The Bertz CT molecular complexity index is 334. The highest BCUT2D eigenvalue weighted by molar-refractivity contribution is 5.28. The first-order valence-corrected chi connectivity index (χ1v) is 4.88. The molecule has 0 N–H and O–H groups in total. The molecule has 1 aromatic rings. The van der Waals surface area contributed by atoms with Crippen molar-refractivity contribution in [3.8, 4) is 5.88 Å². The monoisotopic (exact) mass is 215 g/mol. The van der Waals surface area contributed by atoms with E-state index in [1.54, 1.807) is 13.1 Å². The van der Waals surface area contributed by atoms with Crippen LogP contribution < -0.4 is 4.74 Å². The van der Waals surface area contributed by atoms with Crippen LogP contribution in [0.2, 0.25) is 0 Å². The smallest absolute Gasteiger partial charge is 0.278 e. The van der Waals surface area contributed by atoms with Gasteiger partial charge in [0, 0.05) is 18.7 Å². The van der Waals surface area contributed by atoms with Crippen molar-refractivity contribution in [1.29, 1.82) is 0 Å². The third-order valence-corrected chi connectivity index (χ3v) is 1.96. The van der Waals surface area contributed by atoms with Crippen molar-refractivity contribution in [2.75, 3.05) is 6.61 Å². The first-order chi connectivity index (χ1) is 6.92. The van der Waals surface area contributed by atoms with Gasteiger partial charge in [-0.05, 0) is 25.0 Å². The van der Waals surface area contributed by atoms with Gasteiger partial charge >= 0.3 is 0 Å². The number of hydrogen-bond donors (Lipinski definition) is 0. The molecule has 1 rings (SSSR count). The maximum atomic E-state index is 12.5. The zero-order chi connectivity index (χ0) is 11.5. The van der Waals surface area contributed by atoms with Crippen molar-refractivity contribution in [2.24, 2.45) is 0 Å². The van der Waals surface area contributed by atoms with Gasteiger partial charge in [-0.3, -0.25) is 0 Å². The van der Waals surface area contributed by atoms with Crippen molar-refractivity contribution >= 4 is 0 Å². The molecular weight excluding hydrogens is 200 g/mol. The Morgan fingerprint density at radius 1 is 1.47 bits per heavy atom. The van der Waals surface area contributed by atoms with Gasteiger partial charge in [-0.25, -0.2) is 13.8 Å². The third kappa shape index (κ3) is 3.81. The van der Waals surface area contributed by atoms with E-state index in [2.05, 4.69) is 4.98 Å². The van der Waals surface area contributed by atoms with E-state index in [0.717, 1.165) is 24.5 Å². The zero-order valence-corrected chi connectivity index (χ0v) is 9.18. The molecule has 0 aliphatic heterocycles. The topological polar surface area (TPSA) is 22.1 Å². The molecule has 0 amide bonds. The number of halogens is 2. The molecular formula is C11H15F2NO. The lowest BCUT2D eigenvalue weighted by molar-refractivity contribution is -0.0244. The quantitative estimate of drug-likeness (QED) is 0.770. The van der Waals surface area contributed by atoms with Crippen LogP contribution in [0.15, 0.2) is 12.3 Å². The minimum absolute atomic E-state index is 0.286. The van der Waals surface area contributed by atoms with Crippen LogP contribution in [0.1, 0.15) is 25.0 Å². The summed E-state index contributed by atoms with van der Waals surface area (Å²) < 4.78 is 30.0. The number of alkyl halides is 2. The highest BCUT2D eigenvalue weighted by atomic mass is 19.3. The van der Waals surface area contributed by atoms with E-state index < -0.39 is 12.5 Å². The second-order valence-corrected chi connectivity index (χ2v) is 3.68. The number of aromatic nitrogens is 1. The minimum atomic E-state index is -2.82. The molecule has 0 radical (unpaired) electrons. The largest absolute Gasteiger partial charge is 0.471 e. The summed E-state index contributed by atoms with van der Waals surface area (Å²) in [6.45, 7) is 4.00. The van der Waals surface area contributed by atoms with E-state index in [1.165, 1.54) is 0 Å². The first-order valence-electron chi connectivity index (χ1n) is 4.88. The SMILES string of the molecule is CCc1cnc(OCC(C)(F)F)c(C)c1. The van der Waals surface area contributed by atoms with Gasteiger partial charge in [0.25, 0.3) is 5.92 Å². The molecule has 1 aromatic heterocycles. The number of nitrogens with zero attached hydrogens (tertiary/aromatic N) is 1. The van der Waals surface area contributed by atoms with Gasteiger partial charge < -0.3 is 4.74 Å². The van der Waals surface area contributed by atoms with E-state index in [-0.39, 0.29) is 5.88 Å². The summed E-state index contributed by atoms with van der Waals surface area (Å²) in [5, 5.41) is 0. The third-order valence-electron chi connectivity index (χ3n) is 1.96. The van der Waals surface area contributed by atoms with Crippen LogP contribution in [0, 0.1) is 6.92 Å². The van der Waals surface area contributed by atoms with Crippen molar-refractivity contribution in [3.05, 3.63) is 23.4 Å². The molecule has 0 aromatic carbocycles. The number of pyridine rings is 1. The summed E-state index contributed by atoms with van der Waals surface area (Å²) in [6.07, 6.45) is 2.52. The van der Waals surface area contributed by atoms with E-state index in [9.17, 15) is 8.78 Å². The average molecular weight is 215 g/mol. The van der Waals surface area contributed by atoms with Crippen LogP contribution in [0.5, 0.6) is 5.88 Å². The maximum absolute atomic E-state index is 12.5. The summed E-state index contributed by atoms with van der Waals surface area (Å²) in [4.78, 5) is 4.00. The summed E-state index contributed by atoms with van der Waals surface area (Å²) in [7, 11) is 0. The highest BCUT2D eigenvalue weighted by Crippen LogP contribution is 2.19. The van der Waals surface area contributed by atoms with E-state index in [4.69, 9.17) is 4.74 Å². The van der Waals surface area contributed by atoms with Crippen LogP contribution in [-0.2, 0) is 6.42 Å². The van der Waals surface area contributed by atoms with Crippen LogP contribution in [0.3, 0.4) is 0 Å². The Balaban J connectivity index is 2.70. The van der Waals surface area contributed by atoms with Crippen LogP contribution in [0.4, 0.5) is 8.78 Å². The Labute approximate surface area is 88.3 Å². The van der Waals surface area contributed by atoms with Gasteiger partial charge in [0.1, 0.15) is 0 Å². The predicted octanol–water partition coefficient (Wildman–Crippen LogP) is 2.99. The second kappa shape index (κ2) is 4.55. The van der Waals surface area contributed by atoms with Gasteiger partial charge in [-0.1, -0.05) is 6.92 Å². The van der Waals surface area contributed by atoms with Crippen LogP contribution >= 0.6 is 0 Å². The fourth-order valence-corrected chi connectivity index (χ4v) is 1.16. The zero-order valence-electron chi connectivity index (χ0n) is 9.18. The number of ether oxygens (including phenoxy) is 1. The lowest BCUT2D eigenvalue weighted by Crippen LogP contribution is -2.21. The molecule has 4 heteroatoms. The second-order valence-electron chi connectivity index (χ2n) is 3.68. The van der Waals surface area contributed by atoms with Crippen molar-refractivity contribution in [3.63, 3.8) is 0 Å². The molecule has 15 heavy (non-hydrogen) atoms. The summed E-state index contributed by atoms with van der Waals surface area (Å²) in [5.41, 5.74) is 1.86. The van der Waals surface area contributed by atoms with Gasteiger partial charge in [0.05, 0.1) is 0 Å². The first kappa shape index (κ1) is 11.9. The molecule has 0 saturated heterocycles. The molecule has 0 fully saturated rings. The predicted molar refractivity (Wildman–Crippen MR) is 54.5 cm³/mol. The maximum Gasteiger partial charge on any atom is 0.278 e. The van der Waals surface area contributed by atoms with Crippen molar-refractivity contribution < 1.29 is 13.5 Å². The fourth-order valence-electron chi connectivity index (χ4n) is 1.16. The number of rotatable bonds is 4. The Morgan fingerprint density at radius 3 is 2.60 bits per heavy atom. The molecule has 0 spiro atoms. The van der Waals surface area contributed by atoms with Gasteiger partial charge in [0.2, 0.25) is 5.88 Å². The molecule has 0 saturated carbocycles. The minimum Gasteiger partial charge on any atom is -0.471 e. The van der Waals surface area contributed by atoms with E-state index in [0.29, 0.717) is 0 Å². The average Bonchev–Trinajstić information content (AvgIpc) is 2.14. The Kier molecular flexibility index (Phi) is 3.61. The fraction of sp³-hybridized carbons (Fsp3) is 0.545. The Hall–Kier alpha value is -1.19. The highest BCUT2D eigenvalue weighted by Gasteiger charge is 2.22. The van der Waals surface area contributed by atoms with Crippen LogP contribution in [0.25, 0.3) is 0 Å². The number of hydrogen-bond acceptors (Lipinski definition) is 2. The molecule has 0 unspecified atom stereocenters. The van der Waals surface area contributed by atoms with Gasteiger partial charge in [0.15, 0.2) is 6.61 Å². The molecule has 0 bridgehead atoms. The Morgan fingerprint density at radius 2 is 2.13 bits per heavy atom. The lowest BCUT2D eigenvalue weighted by atomic mass is 10.2. The summed E-state index contributed by atoms with van der Waals surface area (Å²) >= 11 is 0. The lowest BCUT2D eigenvalue weighted by Gasteiger charge is -2.13. The van der Waals surface area contributed by atoms with Gasteiger partial charge in [-0.15, -0.1) is 0 Å². The molecule has 0 aliphatic rings. The molecule has 2 nitrogen and oxygen atoms in total. The van der Waals surface area contributed by atoms with E-state index in [1.807, 2.05) is 13.0 Å². The molecule has 1 heterocycles. The molecule has 0 atom stereocenters. The standard InChI is InChI=1S/C11H15F2NO/c1-4-9-5-8(2)10(14-6-9)15-7-11(3,12)13/h5-6H,4,7H2,1-3H3. The van der Waals surface area contributed by atoms with Crippen molar-refractivity contribution in [2.45, 2.75) is 33.1 Å². The summed E-state index contributed by atoms with van der Waals surface area (Å²) in [5.74, 6) is -2.54. The summed E-state index contributed by atoms with van der Waals surface area (Å²) in [6, 6.07) is 1.90. The van der Waals surface area contributed by atoms with Gasteiger partial charge in [-0.2, -0.15) is 0 Å². The normalized spacial score (nSPS) is 11.5. The number of aryl methyl sites for hydroxylation is 2.